The van der Waals surface area contributed by atoms with Gasteiger partial charge < -0.3 is 10.6 Å². The lowest BCUT2D eigenvalue weighted by molar-refractivity contribution is 0.341. The fraction of sp³-hybridized carbons (Fsp3) is 0.571. The molecule has 1 aliphatic carbocycles. The van der Waals surface area contributed by atoms with E-state index in [0.29, 0.717) is 6.04 Å². The fourth-order valence-electron chi connectivity index (χ4n) is 3.17. The van der Waals surface area contributed by atoms with Crippen molar-refractivity contribution in [2.24, 2.45) is 0 Å². The first-order valence-electron chi connectivity index (χ1n) is 6.47. The topological polar surface area (TPSA) is 24.1 Å². The summed E-state index contributed by atoms with van der Waals surface area (Å²) in [6, 6.07) is 9.63. The summed E-state index contributed by atoms with van der Waals surface area (Å²) < 4.78 is 0. The smallest absolute Gasteiger partial charge is 0.0261 e. The van der Waals surface area contributed by atoms with E-state index in [0.717, 1.165) is 25.6 Å². The molecule has 2 heteroatoms. The van der Waals surface area contributed by atoms with Crippen LogP contribution >= 0.6 is 0 Å². The second-order valence-electron chi connectivity index (χ2n) is 4.96. The van der Waals surface area contributed by atoms with E-state index >= 15 is 0 Å². The zero-order valence-corrected chi connectivity index (χ0v) is 9.71. The third-order valence-electron chi connectivity index (χ3n) is 3.97. The maximum atomic E-state index is 3.67. The lowest BCUT2D eigenvalue weighted by Gasteiger charge is -2.35. The molecule has 2 aliphatic rings. The fourth-order valence-corrected chi connectivity index (χ4v) is 3.17. The second kappa shape index (κ2) is 4.56. The van der Waals surface area contributed by atoms with Crippen LogP contribution in [0.4, 0.5) is 0 Å². The van der Waals surface area contributed by atoms with E-state index in [1.54, 1.807) is 11.1 Å². The van der Waals surface area contributed by atoms with Crippen molar-refractivity contribution in [3.05, 3.63) is 35.4 Å². The standard InChI is InChI=1S/C14H20N2/c1-2-6-12-11(4-1)5-3-7-13(12)14-10-15-8-9-16-14/h1-2,4,6,13-16H,3,5,7-10H2. The van der Waals surface area contributed by atoms with Crippen LogP contribution in [0.15, 0.2) is 24.3 Å². The van der Waals surface area contributed by atoms with Crippen molar-refractivity contribution in [2.45, 2.75) is 31.2 Å². The minimum absolute atomic E-state index is 0.634. The Hall–Kier alpha value is -0.860. The van der Waals surface area contributed by atoms with Gasteiger partial charge in [-0.25, -0.2) is 0 Å². The molecule has 3 rings (SSSR count). The molecule has 0 saturated carbocycles. The van der Waals surface area contributed by atoms with E-state index < -0.39 is 0 Å². The zero-order valence-electron chi connectivity index (χ0n) is 9.71. The highest BCUT2D eigenvalue weighted by Crippen LogP contribution is 2.33. The van der Waals surface area contributed by atoms with E-state index in [-0.39, 0.29) is 0 Å². The van der Waals surface area contributed by atoms with Gasteiger partial charge >= 0.3 is 0 Å². The first kappa shape index (κ1) is 10.3. The number of rotatable bonds is 1. The largest absolute Gasteiger partial charge is 0.314 e. The molecule has 1 aromatic rings. The lowest BCUT2D eigenvalue weighted by atomic mass is 9.78. The Kier molecular flexibility index (Phi) is 2.94. The number of benzene rings is 1. The Bertz CT molecular complexity index is 356. The first-order chi connectivity index (χ1) is 7.95. The number of nitrogens with one attached hydrogen (secondary N) is 2. The molecule has 1 aromatic carbocycles. The molecule has 2 N–H and O–H groups in total. The van der Waals surface area contributed by atoms with Crippen molar-refractivity contribution in [1.29, 1.82) is 0 Å². The molecule has 0 bridgehead atoms. The highest BCUT2D eigenvalue weighted by Gasteiger charge is 2.28. The molecule has 0 spiro atoms. The van der Waals surface area contributed by atoms with Gasteiger partial charge in [0.05, 0.1) is 0 Å². The number of hydrogen-bond donors (Lipinski definition) is 2. The summed E-state index contributed by atoms with van der Waals surface area (Å²) >= 11 is 0. The molecule has 2 unspecified atom stereocenters. The van der Waals surface area contributed by atoms with Crippen molar-refractivity contribution in [2.75, 3.05) is 19.6 Å². The van der Waals surface area contributed by atoms with E-state index in [2.05, 4.69) is 34.9 Å². The Morgan fingerprint density at radius 3 is 2.94 bits per heavy atom. The van der Waals surface area contributed by atoms with Gasteiger partial charge in [0.15, 0.2) is 0 Å². The molecule has 86 valence electrons. The lowest BCUT2D eigenvalue weighted by Crippen LogP contribution is -2.51. The third kappa shape index (κ3) is 1.87. The van der Waals surface area contributed by atoms with Crippen LogP contribution in [0.3, 0.4) is 0 Å². The Morgan fingerprint density at radius 1 is 1.12 bits per heavy atom. The van der Waals surface area contributed by atoms with Crippen molar-refractivity contribution in [1.82, 2.24) is 10.6 Å². The third-order valence-corrected chi connectivity index (χ3v) is 3.97. The average Bonchev–Trinajstić information content (AvgIpc) is 2.39. The SMILES string of the molecule is c1ccc2c(c1)CCCC2C1CNCCN1. The molecule has 0 amide bonds. The monoisotopic (exact) mass is 216 g/mol. The second-order valence-corrected chi connectivity index (χ2v) is 4.96. The van der Waals surface area contributed by atoms with Gasteiger partial charge in [0, 0.05) is 31.6 Å². The highest BCUT2D eigenvalue weighted by atomic mass is 15.1. The molecule has 1 saturated heterocycles. The number of hydrogen-bond acceptors (Lipinski definition) is 2. The summed E-state index contributed by atoms with van der Waals surface area (Å²) in [5.41, 5.74) is 3.17. The zero-order chi connectivity index (χ0) is 10.8. The minimum Gasteiger partial charge on any atom is -0.314 e. The van der Waals surface area contributed by atoms with Crippen molar-refractivity contribution in [3.63, 3.8) is 0 Å². The summed E-state index contributed by atoms with van der Waals surface area (Å²) in [4.78, 5) is 0. The van der Waals surface area contributed by atoms with Gasteiger partial charge in [0.25, 0.3) is 0 Å². The number of piperazine rings is 1. The maximum absolute atomic E-state index is 3.67. The number of fused-ring (bicyclic) bond motifs is 1. The van der Waals surface area contributed by atoms with Gasteiger partial charge in [0.2, 0.25) is 0 Å². The van der Waals surface area contributed by atoms with Gasteiger partial charge in [0.1, 0.15) is 0 Å². The summed E-state index contributed by atoms with van der Waals surface area (Å²) in [5.74, 6) is 0.720. The first-order valence-corrected chi connectivity index (χ1v) is 6.47. The summed E-state index contributed by atoms with van der Waals surface area (Å²) in [6.45, 7) is 3.35. The van der Waals surface area contributed by atoms with Crippen LogP contribution in [0.2, 0.25) is 0 Å². The molecule has 0 aromatic heterocycles. The quantitative estimate of drug-likeness (QED) is 0.746. The molecular formula is C14H20N2. The molecule has 2 atom stereocenters. The van der Waals surface area contributed by atoms with Gasteiger partial charge in [-0.3, -0.25) is 0 Å². The Balaban J connectivity index is 1.86. The van der Waals surface area contributed by atoms with Gasteiger partial charge in [-0.15, -0.1) is 0 Å². The average molecular weight is 216 g/mol. The Morgan fingerprint density at radius 2 is 2.06 bits per heavy atom. The van der Waals surface area contributed by atoms with Crippen molar-refractivity contribution >= 4 is 0 Å². The molecule has 1 heterocycles. The number of aryl methyl sites for hydroxylation is 1. The van der Waals surface area contributed by atoms with Crippen LogP contribution in [0, 0.1) is 0 Å². The van der Waals surface area contributed by atoms with Crippen molar-refractivity contribution in [3.8, 4) is 0 Å². The molecule has 16 heavy (non-hydrogen) atoms. The van der Waals surface area contributed by atoms with Crippen LogP contribution in [-0.4, -0.2) is 25.7 Å². The van der Waals surface area contributed by atoms with Crippen LogP contribution in [0.1, 0.15) is 29.9 Å². The molecule has 0 radical (unpaired) electrons. The van der Waals surface area contributed by atoms with E-state index in [9.17, 15) is 0 Å². The maximum Gasteiger partial charge on any atom is 0.0261 e. The van der Waals surface area contributed by atoms with Gasteiger partial charge in [-0.1, -0.05) is 24.3 Å². The predicted octanol–water partition coefficient (Wildman–Crippen LogP) is 1.67. The minimum atomic E-state index is 0.634. The molecule has 1 fully saturated rings. The molecular weight excluding hydrogens is 196 g/mol. The van der Waals surface area contributed by atoms with Crippen LogP contribution in [-0.2, 0) is 6.42 Å². The van der Waals surface area contributed by atoms with E-state index in [1.807, 2.05) is 0 Å². The van der Waals surface area contributed by atoms with E-state index in [4.69, 9.17) is 0 Å². The summed E-state index contributed by atoms with van der Waals surface area (Å²) in [6.07, 6.45) is 3.96. The van der Waals surface area contributed by atoms with Crippen LogP contribution in [0.5, 0.6) is 0 Å². The van der Waals surface area contributed by atoms with Crippen molar-refractivity contribution < 1.29 is 0 Å². The normalized spacial score (nSPS) is 29.8. The van der Waals surface area contributed by atoms with Crippen LogP contribution < -0.4 is 10.6 Å². The predicted molar refractivity (Wildman–Crippen MR) is 66.8 cm³/mol. The highest BCUT2D eigenvalue weighted by molar-refractivity contribution is 5.34. The van der Waals surface area contributed by atoms with Gasteiger partial charge in [-0.05, 0) is 30.4 Å². The summed E-state index contributed by atoms with van der Waals surface area (Å²) in [5, 5.41) is 7.17. The molecule has 1 aliphatic heterocycles. The van der Waals surface area contributed by atoms with E-state index in [1.165, 1.54) is 19.3 Å². The van der Waals surface area contributed by atoms with Gasteiger partial charge in [-0.2, -0.15) is 0 Å². The summed E-state index contributed by atoms with van der Waals surface area (Å²) in [7, 11) is 0. The Labute approximate surface area is 97.4 Å². The van der Waals surface area contributed by atoms with Crippen LogP contribution in [0.25, 0.3) is 0 Å². The molecule has 2 nitrogen and oxygen atoms in total.